The first-order valence-corrected chi connectivity index (χ1v) is 8.64. The van der Waals surface area contributed by atoms with Crippen LogP contribution in [0.15, 0.2) is 84.0 Å². The molecule has 3 aromatic carbocycles. The number of para-hydroxylation sites is 1. The van der Waals surface area contributed by atoms with Crippen LogP contribution in [-0.2, 0) is 4.79 Å². The van der Waals surface area contributed by atoms with Crippen LogP contribution >= 0.6 is 0 Å². The van der Waals surface area contributed by atoms with Crippen molar-refractivity contribution in [3.05, 3.63) is 84.4 Å². The van der Waals surface area contributed by atoms with Gasteiger partial charge in [-0.2, -0.15) is 5.10 Å². The number of ether oxygens (including phenoxy) is 3. The lowest BCUT2D eigenvalue weighted by atomic mass is 10.2. The molecule has 0 unspecified atom stereocenters. The van der Waals surface area contributed by atoms with Gasteiger partial charge in [0.05, 0.1) is 13.3 Å². The topological polar surface area (TPSA) is 69.2 Å². The Kier molecular flexibility index (Phi) is 6.62. The predicted octanol–water partition coefficient (Wildman–Crippen LogP) is 4.02. The standard InChI is InChI=1S/C22H20N2O4/c1-26-18-10-12-19(13-11-18)27-16-22(25)24-23-15-17-6-5-9-21(14-17)28-20-7-3-2-4-8-20/h2-15H,16H2,1H3,(H,24,25)/b23-15-. The second kappa shape index (κ2) is 9.78. The molecule has 6 heteroatoms. The van der Waals surface area contributed by atoms with Gasteiger partial charge in [-0.25, -0.2) is 5.43 Å². The van der Waals surface area contributed by atoms with Crippen LogP contribution in [0, 0.1) is 0 Å². The summed E-state index contributed by atoms with van der Waals surface area (Å²) in [4.78, 5) is 11.8. The molecular weight excluding hydrogens is 356 g/mol. The van der Waals surface area contributed by atoms with Crippen LogP contribution in [0.1, 0.15) is 5.56 Å². The van der Waals surface area contributed by atoms with Gasteiger partial charge in [-0.15, -0.1) is 0 Å². The molecule has 142 valence electrons. The Morgan fingerprint density at radius 1 is 0.893 bits per heavy atom. The zero-order chi connectivity index (χ0) is 19.6. The number of amides is 1. The van der Waals surface area contributed by atoms with Gasteiger partial charge in [0.25, 0.3) is 5.91 Å². The Morgan fingerprint density at radius 2 is 1.61 bits per heavy atom. The molecule has 6 nitrogen and oxygen atoms in total. The van der Waals surface area contributed by atoms with Gasteiger partial charge in [0.1, 0.15) is 23.0 Å². The molecule has 0 saturated carbocycles. The van der Waals surface area contributed by atoms with E-state index in [9.17, 15) is 4.79 Å². The molecule has 1 N–H and O–H groups in total. The summed E-state index contributed by atoms with van der Waals surface area (Å²) in [5, 5.41) is 3.95. The molecule has 0 radical (unpaired) electrons. The van der Waals surface area contributed by atoms with Gasteiger partial charge >= 0.3 is 0 Å². The molecule has 0 aliphatic heterocycles. The van der Waals surface area contributed by atoms with Gasteiger partial charge in [0.2, 0.25) is 0 Å². The van der Waals surface area contributed by atoms with E-state index in [0.717, 1.165) is 17.1 Å². The van der Waals surface area contributed by atoms with E-state index >= 15 is 0 Å². The van der Waals surface area contributed by atoms with E-state index in [4.69, 9.17) is 14.2 Å². The van der Waals surface area contributed by atoms with Crippen molar-refractivity contribution in [1.29, 1.82) is 0 Å². The summed E-state index contributed by atoms with van der Waals surface area (Å²) in [5.74, 6) is 2.37. The lowest BCUT2D eigenvalue weighted by Gasteiger charge is -2.06. The fourth-order valence-corrected chi connectivity index (χ4v) is 2.31. The number of carbonyl (C=O) groups is 1. The third-order valence-corrected chi connectivity index (χ3v) is 3.67. The monoisotopic (exact) mass is 376 g/mol. The highest BCUT2D eigenvalue weighted by atomic mass is 16.5. The Labute approximate surface area is 163 Å². The summed E-state index contributed by atoms with van der Waals surface area (Å²) >= 11 is 0. The number of hydrazone groups is 1. The van der Waals surface area contributed by atoms with Crippen LogP contribution < -0.4 is 19.6 Å². The second-order valence-electron chi connectivity index (χ2n) is 5.74. The zero-order valence-corrected chi connectivity index (χ0v) is 15.4. The van der Waals surface area contributed by atoms with Crippen LogP contribution in [0.25, 0.3) is 0 Å². The van der Waals surface area contributed by atoms with Crippen molar-refractivity contribution < 1.29 is 19.0 Å². The number of benzene rings is 3. The average molecular weight is 376 g/mol. The van der Waals surface area contributed by atoms with E-state index < -0.39 is 0 Å². The van der Waals surface area contributed by atoms with Gasteiger partial charge in [-0.3, -0.25) is 4.79 Å². The molecule has 28 heavy (non-hydrogen) atoms. The number of carbonyl (C=O) groups excluding carboxylic acids is 1. The molecule has 0 atom stereocenters. The maximum atomic E-state index is 11.8. The number of nitrogens with zero attached hydrogens (tertiary/aromatic N) is 1. The lowest BCUT2D eigenvalue weighted by molar-refractivity contribution is -0.123. The summed E-state index contributed by atoms with van der Waals surface area (Å²) in [7, 11) is 1.59. The summed E-state index contributed by atoms with van der Waals surface area (Å²) in [5.41, 5.74) is 3.23. The van der Waals surface area contributed by atoms with Crippen molar-refractivity contribution in [3.8, 4) is 23.0 Å². The molecule has 0 aliphatic carbocycles. The highest BCUT2D eigenvalue weighted by Gasteiger charge is 2.02. The van der Waals surface area contributed by atoms with Crippen molar-refractivity contribution in [2.24, 2.45) is 5.10 Å². The summed E-state index contributed by atoms with van der Waals surface area (Å²) < 4.78 is 16.2. The molecule has 0 heterocycles. The molecule has 0 bridgehead atoms. The number of hydrogen-bond donors (Lipinski definition) is 1. The van der Waals surface area contributed by atoms with Gasteiger partial charge in [0.15, 0.2) is 6.61 Å². The highest BCUT2D eigenvalue weighted by Crippen LogP contribution is 2.21. The van der Waals surface area contributed by atoms with Crippen LogP contribution in [0.4, 0.5) is 0 Å². The molecule has 3 aromatic rings. The fourth-order valence-electron chi connectivity index (χ4n) is 2.31. The van der Waals surface area contributed by atoms with Crippen LogP contribution in [0.3, 0.4) is 0 Å². The van der Waals surface area contributed by atoms with Gasteiger partial charge in [0, 0.05) is 0 Å². The van der Waals surface area contributed by atoms with Crippen LogP contribution in [-0.4, -0.2) is 25.8 Å². The first kappa shape index (κ1) is 19.0. The number of methoxy groups -OCH3 is 1. The number of hydrogen-bond acceptors (Lipinski definition) is 5. The first-order valence-electron chi connectivity index (χ1n) is 8.64. The fraction of sp³-hybridized carbons (Fsp3) is 0.0909. The largest absolute Gasteiger partial charge is 0.497 e. The smallest absolute Gasteiger partial charge is 0.277 e. The predicted molar refractivity (Wildman–Crippen MR) is 107 cm³/mol. The molecule has 0 aliphatic rings. The van der Waals surface area contributed by atoms with E-state index in [2.05, 4.69) is 10.5 Å². The Bertz CT molecular complexity index is 925. The van der Waals surface area contributed by atoms with E-state index in [1.165, 1.54) is 0 Å². The Balaban J connectivity index is 1.48. The SMILES string of the molecule is COc1ccc(OCC(=O)N/N=C\c2cccc(Oc3ccccc3)c2)cc1. The minimum absolute atomic E-state index is 0.138. The summed E-state index contributed by atoms with van der Waals surface area (Å²) in [6.07, 6.45) is 1.54. The maximum Gasteiger partial charge on any atom is 0.277 e. The Morgan fingerprint density at radius 3 is 2.36 bits per heavy atom. The minimum Gasteiger partial charge on any atom is -0.497 e. The van der Waals surface area contributed by atoms with Crippen molar-refractivity contribution >= 4 is 12.1 Å². The Hall–Kier alpha value is -3.80. The van der Waals surface area contributed by atoms with E-state index in [1.807, 2.05) is 54.6 Å². The molecule has 0 saturated heterocycles. The van der Waals surface area contributed by atoms with Gasteiger partial charge < -0.3 is 14.2 Å². The van der Waals surface area contributed by atoms with Crippen molar-refractivity contribution in [1.82, 2.24) is 5.43 Å². The molecule has 3 rings (SSSR count). The molecular formula is C22H20N2O4. The maximum absolute atomic E-state index is 11.8. The van der Waals surface area contributed by atoms with Gasteiger partial charge in [-0.1, -0.05) is 30.3 Å². The molecule has 0 fully saturated rings. The molecule has 0 spiro atoms. The quantitative estimate of drug-likeness (QED) is 0.476. The highest BCUT2D eigenvalue weighted by molar-refractivity contribution is 5.83. The normalized spacial score (nSPS) is 10.5. The number of rotatable bonds is 8. The first-order chi connectivity index (χ1) is 13.7. The van der Waals surface area contributed by atoms with E-state index in [-0.39, 0.29) is 12.5 Å². The molecule has 1 amide bonds. The lowest BCUT2D eigenvalue weighted by Crippen LogP contribution is -2.24. The average Bonchev–Trinajstić information content (AvgIpc) is 2.74. The van der Waals surface area contributed by atoms with Gasteiger partial charge in [-0.05, 0) is 54.1 Å². The summed E-state index contributed by atoms with van der Waals surface area (Å²) in [6.45, 7) is -0.138. The van der Waals surface area contributed by atoms with Crippen LogP contribution in [0.5, 0.6) is 23.0 Å². The zero-order valence-electron chi connectivity index (χ0n) is 15.4. The van der Waals surface area contributed by atoms with Crippen molar-refractivity contribution in [3.63, 3.8) is 0 Å². The number of nitrogens with one attached hydrogen (secondary N) is 1. The third kappa shape index (κ3) is 5.88. The minimum atomic E-state index is -0.358. The molecule has 0 aromatic heterocycles. The van der Waals surface area contributed by atoms with E-state index in [0.29, 0.717) is 11.5 Å². The van der Waals surface area contributed by atoms with E-state index in [1.54, 1.807) is 37.6 Å². The summed E-state index contributed by atoms with van der Waals surface area (Å²) in [6, 6.07) is 23.9. The van der Waals surface area contributed by atoms with Crippen molar-refractivity contribution in [2.75, 3.05) is 13.7 Å². The second-order valence-corrected chi connectivity index (χ2v) is 5.74. The van der Waals surface area contributed by atoms with Crippen molar-refractivity contribution in [2.45, 2.75) is 0 Å². The third-order valence-electron chi connectivity index (χ3n) is 3.67. The van der Waals surface area contributed by atoms with Crippen LogP contribution in [0.2, 0.25) is 0 Å².